The second kappa shape index (κ2) is 8.28. The number of ether oxygens (including phenoxy) is 2. The van der Waals surface area contributed by atoms with Crippen molar-refractivity contribution in [2.45, 2.75) is 11.6 Å². The van der Waals surface area contributed by atoms with Gasteiger partial charge in [0.05, 0.1) is 13.2 Å². The van der Waals surface area contributed by atoms with E-state index in [2.05, 4.69) is 4.98 Å². The van der Waals surface area contributed by atoms with Crippen molar-refractivity contribution >= 4 is 10.0 Å². The minimum absolute atomic E-state index is 0.00176. The van der Waals surface area contributed by atoms with Gasteiger partial charge in [0.2, 0.25) is 0 Å². The van der Waals surface area contributed by atoms with Crippen LogP contribution in [-0.4, -0.2) is 58.2 Å². The zero-order chi connectivity index (χ0) is 15.0. The molecule has 1 aromatic heterocycles. The van der Waals surface area contributed by atoms with Gasteiger partial charge in [-0.2, -0.15) is 4.31 Å². The molecule has 1 rings (SSSR count). The van der Waals surface area contributed by atoms with Crippen LogP contribution in [0.1, 0.15) is 5.56 Å². The number of hydrogen-bond acceptors (Lipinski definition) is 6. The molecule has 2 N–H and O–H groups in total. The molecule has 1 aromatic rings. The highest BCUT2D eigenvalue weighted by atomic mass is 32.2. The molecule has 8 heteroatoms. The monoisotopic (exact) mass is 303 g/mol. The minimum Gasteiger partial charge on any atom is -0.383 e. The van der Waals surface area contributed by atoms with Crippen molar-refractivity contribution in [3.05, 3.63) is 23.9 Å². The molecule has 0 spiro atoms. The van der Waals surface area contributed by atoms with Gasteiger partial charge in [-0.05, 0) is 11.6 Å². The highest BCUT2D eigenvalue weighted by Gasteiger charge is 2.25. The first-order chi connectivity index (χ1) is 9.56. The Bertz CT molecular complexity index is 482. The molecule has 0 bridgehead atoms. The van der Waals surface area contributed by atoms with Gasteiger partial charge in [0.25, 0.3) is 10.0 Å². The summed E-state index contributed by atoms with van der Waals surface area (Å²) in [5.74, 6) is 0. The molecule has 0 unspecified atom stereocenters. The van der Waals surface area contributed by atoms with E-state index in [-0.39, 0.29) is 18.1 Å². The van der Waals surface area contributed by atoms with E-state index in [1.165, 1.54) is 30.8 Å². The SMILES string of the molecule is COCCN(CCOC)S(=O)(=O)c1ccc(CN)cn1. The smallest absolute Gasteiger partial charge is 0.260 e. The fourth-order valence-electron chi connectivity index (χ4n) is 1.55. The van der Waals surface area contributed by atoms with Crippen LogP contribution < -0.4 is 5.73 Å². The summed E-state index contributed by atoms with van der Waals surface area (Å²) in [6.07, 6.45) is 1.47. The van der Waals surface area contributed by atoms with Crippen LogP contribution in [0.15, 0.2) is 23.4 Å². The summed E-state index contributed by atoms with van der Waals surface area (Å²) in [6, 6.07) is 3.12. The van der Waals surface area contributed by atoms with Gasteiger partial charge in [0, 0.05) is 40.1 Å². The lowest BCUT2D eigenvalue weighted by molar-refractivity contribution is 0.150. The van der Waals surface area contributed by atoms with Crippen molar-refractivity contribution in [3.63, 3.8) is 0 Å². The zero-order valence-electron chi connectivity index (χ0n) is 11.8. The van der Waals surface area contributed by atoms with Crippen LogP contribution in [0.5, 0.6) is 0 Å². The lowest BCUT2D eigenvalue weighted by Gasteiger charge is -2.21. The Balaban J connectivity index is 2.94. The summed E-state index contributed by atoms with van der Waals surface area (Å²) in [4.78, 5) is 3.97. The molecule has 0 amide bonds. The number of pyridine rings is 1. The van der Waals surface area contributed by atoms with Crippen molar-refractivity contribution in [1.82, 2.24) is 9.29 Å². The third-order valence-corrected chi connectivity index (χ3v) is 4.54. The van der Waals surface area contributed by atoms with E-state index in [0.717, 1.165) is 5.56 Å². The molecule has 0 aliphatic carbocycles. The lowest BCUT2D eigenvalue weighted by Crippen LogP contribution is -2.36. The van der Waals surface area contributed by atoms with Crippen molar-refractivity contribution in [2.24, 2.45) is 5.73 Å². The number of hydrogen-bond donors (Lipinski definition) is 1. The van der Waals surface area contributed by atoms with Gasteiger partial charge in [-0.1, -0.05) is 6.07 Å². The Hall–Kier alpha value is -1.06. The Kier molecular flexibility index (Phi) is 7.03. The molecule has 114 valence electrons. The van der Waals surface area contributed by atoms with Crippen LogP contribution in [-0.2, 0) is 26.0 Å². The largest absolute Gasteiger partial charge is 0.383 e. The molecule has 0 atom stereocenters. The third kappa shape index (κ3) is 4.50. The van der Waals surface area contributed by atoms with Gasteiger partial charge in [-0.15, -0.1) is 0 Å². The Morgan fingerprint density at radius 1 is 1.20 bits per heavy atom. The molecule has 1 heterocycles. The highest BCUT2D eigenvalue weighted by Crippen LogP contribution is 2.13. The second-order valence-electron chi connectivity index (χ2n) is 4.10. The summed E-state index contributed by atoms with van der Waals surface area (Å²) < 4.78 is 36.1. The van der Waals surface area contributed by atoms with Crippen molar-refractivity contribution in [2.75, 3.05) is 40.5 Å². The van der Waals surface area contributed by atoms with Gasteiger partial charge in [0.15, 0.2) is 5.03 Å². The summed E-state index contributed by atoms with van der Waals surface area (Å²) in [5, 5.41) is 0.00176. The van der Waals surface area contributed by atoms with E-state index in [4.69, 9.17) is 15.2 Å². The first-order valence-electron chi connectivity index (χ1n) is 6.19. The number of aromatic nitrogens is 1. The Morgan fingerprint density at radius 3 is 2.20 bits per heavy atom. The van der Waals surface area contributed by atoms with Crippen LogP contribution in [0.4, 0.5) is 0 Å². The maximum absolute atomic E-state index is 12.5. The predicted molar refractivity (Wildman–Crippen MR) is 74.6 cm³/mol. The molecule has 0 aliphatic rings. The van der Waals surface area contributed by atoms with Crippen LogP contribution in [0.2, 0.25) is 0 Å². The van der Waals surface area contributed by atoms with E-state index >= 15 is 0 Å². The summed E-state index contributed by atoms with van der Waals surface area (Å²) >= 11 is 0. The van der Waals surface area contributed by atoms with E-state index in [1.807, 2.05) is 0 Å². The molecule has 7 nitrogen and oxygen atoms in total. The standard InChI is InChI=1S/C12H21N3O4S/c1-18-7-5-15(6-8-19-2)20(16,17)12-4-3-11(9-13)10-14-12/h3-4,10H,5-9,13H2,1-2H3. The van der Waals surface area contributed by atoms with E-state index in [1.54, 1.807) is 6.07 Å². The Labute approximate surface area is 119 Å². The van der Waals surface area contributed by atoms with Gasteiger partial charge in [-0.3, -0.25) is 0 Å². The van der Waals surface area contributed by atoms with Crippen LogP contribution >= 0.6 is 0 Å². The fraction of sp³-hybridized carbons (Fsp3) is 0.583. The molecule has 0 aromatic carbocycles. The fourth-order valence-corrected chi connectivity index (χ4v) is 2.88. The maximum atomic E-state index is 12.5. The summed E-state index contributed by atoms with van der Waals surface area (Å²) in [6.45, 7) is 1.45. The summed E-state index contributed by atoms with van der Waals surface area (Å²) in [7, 11) is -0.603. The second-order valence-corrected chi connectivity index (χ2v) is 5.98. The number of sulfonamides is 1. The average Bonchev–Trinajstić information content (AvgIpc) is 2.47. The van der Waals surface area contributed by atoms with Crippen LogP contribution in [0.25, 0.3) is 0 Å². The van der Waals surface area contributed by atoms with Crippen LogP contribution in [0.3, 0.4) is 0 Å². The van der Waals surface area contributed by atoms with E-state index in [9.17, 15) is 8.42 Å². The zero-order valence-corrected chi connectivity index (χ0v) is 12.6. The number of rotatable bonds is 9. The van der Waals surface area contributed by atoms with Gasteiger partial charge in [0.1, 0.15) is 0 Å². The lowest BCUT2D eigenvalue weighted by atomic mass is 10.3. The van der Waals surface area contributed by atoms with Gasteiger partial charge in [-0.25, -0.2) is 13.4 Å². The summed E-state index contributed by atoms with van der Waals surface area (Å²) in [5.41, 5.74) is 6.25. The molecule has 0 saturated carbocycles. The molecular formula is C12H21N3O4S. The average molecular weight is 303 g/mol. The minimum atomic E-state index is -3.65. The number of nitrogens with two attached hydrogens (primary N) is 1. The maximum Gasteiger partial charge on any atom is 0.260 e. The molecule has 0 fully saturated rings. The van der Waals surface area contributed by atoms with Crippen molar-refractivity contribution in [1.29, 1.82) is 0 Å². The Morgan fingerprint density at radius 2 is 1.80 bits per heavy atom. The van der Waals surface area contributed by atoms with E-state index < -0.39 is 10.0 Å². The normalized spacial score (nSPS) is 12.0. The first kappa shape index (κ1) is 17.0. The number of nitrogens with zero attached hydrogens (tertiary/aromatic N) is 2. The van der Waals surface area contributed by atoms with Crippen LogP contribution in [0, 0.1) is 0 Å². The molecule has 0 aliphatic heterocycles. The van der Waals surface area contributed by atoms with Gasteiger partial charge >= 0.3 is 0 Å². The first-order valence-corrected chi connectivity index (χ1v) is 7.63. The topological polar surface area (TPSA) is 94.8 Å². The van der Waals surface area contributed by atoms with E-state index in [0.29, 0.717) is 19.8 Å². The molecule has 0 radical (unpaired) electrons. The molecule has 0 saturated heterocycles. The van der Waals surface area contributed by atoms with Gasteiger partial charge < -0.3 is 15.2 Å². The quantitative estimate of drug-likeness (QED) is 0.680. The third-order valence-electron chi connectivity index (χ3n) is 2.73. The van der Waals surface area contributed by atoms with Crippen molar-refractivity contribution < 1.29 is 17.9 Å². The molecular weight excluding hydrogens is 282 g/mol. The van der Waals surface area contributed by atoms with Crippen molar-refractivity contribution in [3.8, 4) is 0 Å². The predicted octanol–water partition coefficient (Wildman–Crippen LogP) is -0.176. The highest BCUT2D eigenvalue weighted by molar-refractivity contribution is 7.89. The molecule has 20 heavy (non-hydrogen) atoms. The number of methoxy groups -OCH3 is 2.